The van der Waals surface area contributed by atoms with Crippen LogP contribution in [0.15, 0.2) is 24.4 Å². The smallest absolute Gasteiger partial charge is 0.223 e. The third-order valence-corrected chi connectivity index (χ3v) is 5.36. The first-order chi connectivity index (χ1) is 12.7. The predicted molar refractivity (Wildman–Crippen MR) is 94.4 cm³/mol. The summed E-state index contributed by atoms with van der Waals surface area (Å²) < 4.78 is 5.42. The first kappa shape index (κ1) is 15.3. The highest BCUT2D eigenvalue weighted by Gasteiger charge is 2.37. The molecule has 2 aromatic heterocycles. The molecule has 26 heavy (non-hydrogen) atoms. The lowest BCUT2D eigenvalue weighted by atomic mass is 10.1. The van der Waals surface area contributed by atoms with Crippen LogP contribution >= 0.6 is 0 Å². The molecule has 0 radical (unpaired) electrons. The largest absolute Gasteiger partial charge is 0.379 e. The van der Waals surface area contributed by atoms with Gasteiger partial charge >= 0.3 is 0 Å². The van der Waals surface area contributed by atoms with Gasteiger partial charge in [-0.2, -0.15) is 5.26 Å². The third-order valence-electron chi connectivity index (χ3n) is 5.36. The molecule has 1 amide bonds. The van der Waals surface area contributed by atoms with Gasteiger partial charge in [-0.05, 0) is 24.6 Å². The van der Waals surface area contributed by atoms with E-state index < -0.39 is 0 Å². The van der Waals surface area contributed by atoms with Crippen LogP contribution in [-0.2, 0) is 9.53 Å². The standard InChI is InChI=1S/C19H17N5O2/c20-7-11-1-2-15-14(5-11)18-16(8-21-15)22-19(23-18)12-6-17(25)24(9-12)13-3-4-26-10-13/h1-2,5,8,12-13H,3-4,6,9-10H2,(H,22,23)/t12?,13-/m1/s1. The minimum atomic E-state index is 0.0460. The van der Waals surface area contributed by atoms with Crippen molar-refractivity contribution in [2.75, 3.05) is 19.8 Å². The number of nitrogens with zero attached hydrogens (tertiary/aromatic N) is 4. The lowest BCUT2D eigenvalue weighted by Crippen LogP contribution is -2.36. The third kappa shape index (κ3) is 2.34. The summed E-state index contributed by atoms with van der Waals surface area (Å²) in [6.45, 7) is 2.02. The van der Waals surface area contributed by atoms with Crippen LogP contribution in [0.2, 0.25) is 0 Å². The van der Waals surface area contributed by atoms with Crippen molar-refractivity contribution >= 4 is 27.8 Å². The molecule has 4 heterocycles. The molecule has 7 nitrogen and oxygen atoms in total. The summed E-state index contributed by atoms with van der Waals surface area (Å²) in [5.74, 6) is 1.02. The van der Waals surface area contributed by atoms with E-state index in [4.69, 9.17) is 15.0 Å². The lowest BCUT2D eigenvalue weighted by molar-refractivity contribution is -0.129. The summed E-state index contributed by atoms with van der Waals surface area (Å²) in [5, 5.41) is 10.0. The highest BCUT2D eigenvalue weighted by molar-refractivity contribution is 6.02. The number of fused-ring (bicyclic) bond motifs is 3. The van der Waals surface area contributed by atoms with E-state index in [9.17, 15) is 4.79 Å². The fraction of sp³-hybridized carbons (Fsp3) is 0.368. The molecule has 7 heteroatoms. The number of benzene rings is 1. The van der Waals surface area contributed by atoms with E-state index in [-0.39, 0.29) is 17.9 Å². The number of imidazole rings is 1. The number of aromatic nitrogens is 3. The van der Waals surface area contributed by atoms with Crippen LogP contribution in [0.3, 0.4) is 0 Å². The van der Waals surface area contributed by atoms with E-state index >= 15 is 0 Å². The maximum absolute atomic E-state index is 12.4. The lowest BCUT2D eigenvalue weighted by Gasteiger charge is -2.22. The Bertz CT molecular complexity index is 1060. The van der Waals surface area contributed by atoms with Gasteiger partial charge in [-0.3, -0.25) is 9.78 Å². The summed E-state index contributed by atoms with van der Waals surface area (Å²) >= 11 is 0. The minimum Gasteiger partial charge on any atom is -0.379 e. The van der Waals surface area contributed by atoms with Gasteiger partial charge < -0.3 is 14.6 Å². The van der Waals surface area contributed by atoms with Crippen LogP contribution in [0, 0.1) is 11.3 Å². The molecule has 0 saturated carbocycles. The monoisotopic (exact) mass is 347 g/mol. The molecule has 5 rings (SSSR count). The number of rotatable bonds is 2. The number of nitrogens with one attached hydrogen (secondary N) is 1. The Morgan fingerprint density at radius 3 is 3.12 bits per heavy atom. The maximum Gasteiger partial charge on any atom is 0.223 e. The number of amides is 1. The number of H-pyrrole nitrogens is 1. The SMILES string of the molecule is N#Cc1ccc2ncc3[nH]c(C4CC(=O)N([C@@H]5CCOC5)C4)nc3c2c1. The molecule has 2 atom stereocenters. The van der Waals surface area contributed by atoms with Crippen LogP contribution in [0.4, 0.5) is 0 Å². The molecule has 1 N–H and O–H groups in total. The van der Waals surface area contributed by atoms with Crippen LogP contribution in [0.5, 0.6) is 0 Å². The van der Waals surface area contributed by atoms with Gasteiger partial charge in [0.1, 0.15) is 5.82 Å². The van der Waals surface area contributed by atoms with Crippen molar-refractivity contribution in [1.82, 2.24) is 19.9 Å². The maximum atomic E-state index is 12.4. The summed E-state index contributed by atoms with van der Waals surface area (Å²) in [4.78, 5) is 26.9. The molecule has 2 aliphatic rings. The van der Waals surface area contributed by atoms with Crippen molar-refractivity contribution in [3.63, 3.8) is 0 Å². The van der Waals surface area contributed by atoms with Gasteiger partial charge in [0, 0.05) is 30.9 Å². The van der Waals surface area contributed by atoms with Gasteiger partial charge in [0.05, 0.1) is 47.0 Å². The second kappa shape index (κ2) is 5.78. The Balaban J connectivity index is 1.53. The van der Waals surface area contributed by atoms with E-state index in [2.05, 4.69) is 16.0 Å². The number of aromatic amines is 1. The zero-order valence-corrected chi connectivity index (χ0v) is 14.1. The zero-order chi connectivity index (χ0) is 17.7. The molecule has 0 bridgehead atoms. The van der Waals surface area contributed by atoms with Crippen LogP contribution in [-0.4, -0.2) is 51.6 Å². The second-order valence-corrected chi connectivity index (χ2v) is 6.95. The van der Waals surface area contributed by atoms with E-state index in [1.165, 1.54) is 0 Å². The first-order valence-corrected chi connectivity index (χ1v) is 8.78. The Morgan fingerprint density at radius 2 is 2.31 bits per heavy atom. The summed E-state index contributed by atoms with van der Waals surface area (Å²) in [6, 6.07) is 7.76. The van der Waals surface area contributed by atoms with Crippen molar-refractivity contribution in [3.8, 4) is 6.07 Å². The average molecular weight is 347 g/mol. The fourth-order valence-corrected chi connectivity index (χ4v) is 3.98. The number of likely N-dealkylation sites (tertiary alicyclic amines) is 1. The van der Waals surface area contributed by atoms with E-state index in [0.717, 1.165) is 40.8 Å². The first-order valence-electron chi connectivity index (χ1n) is 8.78. The van der Waals surface area contributed by atoms with Crippen molar-refractivity contribution in [3.05, 3.63) is 35.8 Å². The van der Waals surface area contributed by atoms with Crippen LogP contribution in [0.25, 0.3) is 21.9 Å². The number of carbonyl (C=O) groups is 1. The second-order valence-electron chi connectivity index (χ2n) is 6.95. The van der Waals surface area contributed by atoms with Crippen LogP contribution < -0.4 is 0 Å². The van der Waals surface area contributed by atoms with Gasteiger partial charge in [-0.1, -0.05) is 0 Å². The van der Waals surface area contributed by atoms with Gasteiger partial charge in [0.15, 0.2) is 0 Å². The number of nitriles is 1. The number of hydrogen-bond acceptors (Lipinski definition) is 5. The van der Waals surface area contributed by atoms with Crippen LogP contribution in [0.1, 0.15) is 30.1 Å². The Morgan fingerprint density at radius 1 is 1.38 bits per heavy atom. The normalized spacial score (nSPS) is 23.2. The Hall–Kier alpha value is -2.98. The molecule has 2 fully saturated rings. The molecule has 0 aliphatic carbocycles. The van der Waals surface area contributed by atoms with Crippen molar-refractivity contribution in [2.45, 2.75) is 24.8 Å². The number of pyridine rings is 1. The Kier molecular flexibility index (Phi) is 3.40. The minimum absolute atomic E-state index is 0.0460. The molecule has 2 aliphatic heterocycles. The van der Waals surface area contributed by atoms with E-state index in [1.807, 2.05) is 17.0 Å². The Labute approximate surface area is 149 Å². The molecule has 130 valence electrons. The summed E-state index contributed by atoms with van der Waals surface area (Å²) in [7, 11) is 0. The molecule has 1 aromatic carbocycles. The van der Waals surface area contributed by atoms with Crippen molar-refractivity contribution in [2.24, 2.45) is 0 Å². The van der Waals surface area contributed by atoms with Gasteiger partial charge in [0.25, 0.3) is 0 Å². The van der Waals surface area contributed by atoms with Crippen molar-refractivity contribution < 1.29 is 9.53 Å². The van der Waals surface area contributed by atoms with Crippen molar-refractivity contribution in [1.29, 1.82) is 5.26 Å². The van der Waals surface area contributed by atoms with E-state index in [0.29, 0.717) is 25.1 Å². The fourth-order valence-electron chi connectivity index (χ4n) is 3.98. The highest BCUT2D eigenvalue weighted by Crippen LogP contribution is 2.32. The van der Waals surface area contributed by atoms with Gasteiger partial charge in [-0.25, -0.2) is 4.98 Å². The summed E-state index contributed by atoms with van der Waals surface area (Å²) in [6.07, 6.45) is 3.13. The highest BCUT2D eigenvalue weighted by atomic mass is 16.5. The molecule has 3 aromatic rings. The van der Waals surface area contributed by atoms with E-state index in [1.54, 1.807) is 12.3 Å². The number of ether oxygens (including phenoxy) is 1. The van der Waals surface area contributed by atoms with Gasteiger partial charge in [0.2, 0.25) is 5.91 Å². The molecular weight excluding hydrogens is 330 g/mol. The molecule has 2 saturated heterocycles. The topological polar surface area (TPSA) is 94.9 Å². The quantitative estimate of drug-likeness (QED) is 0.766. The zero-order valence-electron chi connectivity index (χ0n) is 14.1. The molecule has 0 spiro atoms. The number of hydrogen-bond donors (Lipinski definition) is 1. The number of carbonyl (C=O) groups excluding carboxylic acids is 1. The van der Waals surface area contributed by atoms with Gasteiger partial charge in [-0.15, -0.1) is 0 Å². The molecule has 1 unspecified atom stereocenters. The predicted octanol–water partition coefficient (Wildman–Crippen LogP) is 2.09. The summed E-state index contributed by atoms with van der Waals surface area (Å²) in [5.41, 5.74) is 3.02. The molecular formula is C19H17N5O2. The average Bonchev–Trinajstić information content (AvgIpc) is 3.39.